The Morgan fingerprint density at radius 3 is 2.33 bits per heavy atom. The van der Waals surface area contributed by atoms with Crippen molar-refractivity contribution in [3.05, 3.63) is 23.2 Å². The number of amides is 4. The predicted octanol–water partition coefficient (Wildman–Crippen LogP) is 0.179. The molecule has 1 fully saturated rings. The minimum Gasteiger partial charge on any atom is -0.282 e. The average molecular weight is 342 g/mol. The Labute approximate surface area is 146 Å². The molecule has 4 amide bonds. The summed E-state index contributed by atoms with van der Waals surface area (Å²) in [5.41, 5.74) is -0.167. The largest absolute Gasteiger partial charge is 0.335 e. The van der Waals surface area contributed by atoms with E-state index < -0.39 is 39.3 Å². The molecule has 0 aliphatic carbocycles. The summed E-state index contributed by atoms with van der Waals surface area (Å²) in [6, 6.07) is 1.99. The fourth-order valence-electron chi connectivity index (χ4n) is 1.64. The van der Waals surface area contributed by atoms with Crippen molar-refractivity contribution in [2.45, 2.75) is 11.3 Å². The van der Waals surface area contributed by atoms with E-state index in [1.165, 1.54) is 0 Å². The normalized spacial score (nSPS) is 15.5. The predicted molar refractivity (Wildman–Crippen MR) is 72.7 cm³/mol. The van der Waals surface area contributed by atoms with Crippen LogP contribution in [0.4, 0.5) is 10.5 Å². The molecule has 0 bridgehead atoms. The Morgan fingerprint density at radius 2 is 1.81 bits per heavy atom. The quantitative estimate of drug-likeness (QED) is 0.449. The van der Waals surface area contributed by atoms with Crippen LogP contribution < -0.4 is 10.2 Å². The minimum absolute atomic E-state index is 0. The van der Waals surface area contributed by atoms with Gasteiger partial charge < -0.3 is 0 Å². The molecule has 11 heteroatoms. The van der Waals surface area contributed by atoms with Crippen LogP contribution in [-0.4, -0.2) is 60.4 Å². The number of barbiturate groups is 1. The molecule has 0 spiro atoms. The molecule has 2 N–H and O–H groups in total. The van der Waals surface area contributed by atoms with Crippen molar-refractivity contribution in [3.8, 4) is 0 Å². The Kier molecular flexibility index (Phi) is 5.53. The number of rotatable bonds is 2. The number of benzene rings is 1. The molecule has 1 saturated heterocycles. The number of carbonyl (C=O) groups is 3. The van der Waals surface area contributed by atoms with E-state index in [1.54, 1.807) is 0 Å². The molecule has 107 valence electrons. The van der Waals surface area contributed by atoms with Gasteiger partial charge in [-0.25, -0.2) is 9.69 Å². The molecule has 21 heavy (non-hydrogen) atoms. The Balaban J connectivity index is 0.00000220. The molecule has 0 saturated carbocycles. The van der Waals surface area contributed by atoms with Gasteiger partial charge in [-0.15, -0.1) is 0 Å². The van der Waals surface area contributed by atoms with Crippen molar-refractivity contribution in [1.29, 1.82) is 0 Å². The summed E-state index contributed by atoms with van der Waals surface area (Å²) in [4.78, 5) is 34.3. The molecule has 1 aliphatic heterocycles. The number of halogens is 1. The van der Waals surface area contributed by atoms with Crippen LogP contribution in [0.1, 0.15) is 6.42 Å². The van der Waals surface area contributed by atoms with Gasteiger partial charge in [-0.1, -0.05) is 11.6 Å². The molecular formula is C10H7ClN2NaO6S. The van der Waals surface area contributed by atoms with Crippen LogP contribution in [0.2, 0.25) is 5.02 Å². The summed E-state index contributed by atoms with van der Waals surface area (Å²) in [6.07, 6.45) is -0.556. The third-order valence-corrected chi connectivity index (χ3v) is 3.47. The molecule has 1 heterocycles. The monoisotopic (exact) mass is 341 g/mol. The first-order chi connectivity index (χ1) is 9.18. The topological polar surface area (TPSA) is 121 Å². The van der Waals surface area contributed by atoms with Crippen molar-refractivity contribution in [2.75, 3.05) is 4.90 Å². The summed E-state index contributed by atoms with van der Waals surface area (Å²) in [6.45, 7) is 0. The van der Waals surface area contributed by atoms with Crippen LogP contribution in [-0.2, 0) is 19.7 Å². The second kappa shape index (κ2) is 6.42. The third-order valence-electron chi connectivity index (χ3n) is 2.42. The van der Waals surface area contributed by atoms with Crippen molar-refractivity contribution in [1.82, 2.24) is 5.32 Å². The van der Waals surface area contributed by atoms with E-state index in [1.807, 2.05) is 5.32 Å². The summed E-state index contributed by atoms with van der Waals surface area (Å²) in [5.74, 6) is -1.59. The van der Waals surface area contributed by atoms with Crippen LogP contribution in [0, 0.1) is 0 Å². The number of nitrogens with zero attached hydrogens (tertiary/aromatic N) is 1. The van der Waals surface area contributed by atoms with Gasteiger partial charge in [-0.2, -0.15) is 8.42 Å². The number of hydrogen-bond acceptors (Lipinski definition) is 5. The Bertz CT molecular complexity index is 715. The zero-order valence-corrected chi connectivity index (χ0v) is 14.2. The fraction of sp³-hybridized carbons (Fsp3) is 0.100. The van der Waals surface area contributed by atoms with Gasteiger partial charge in [0.15, 0.2) is 0 Å². The zero-order valence-electron chi connectivity index (χ0n) is 10.7. The first-order valence-corrected chi connectivity index (χ1v) is 6.95. The molecule has 0 unspecified atom stereocenters. The maximum atomic E-state index is 11.7. The van der Waals surface area contributed by atoms with Crippen molar-refractivity contribution in [3.63, 3.8) is 0 Å². The molecule has 1 aromatic carbocycles. The third kappa shape index (κ3) is 4.02. The second-order valence-electron chi connectivity index (χ2n) is 3.88. The molecule has 0 atom stereocenters. The van der Waals surface area contributed by atoms with Gasteiger partial charge in [0.25, 0.3) is 10.1 Å². The standard InChI is InChI=1S/C10H7ClN2O6S.Na/c11-5-1-6(3-7(2-5)20(17,18)19)13-9(15)4-8(14)12-10(13)16;/h1-3H,4H2,(H,12,14,16)(H,17,18,19);. The van der Waals surface area contributed by atoms with Gasteiger partial charge >= 0.3 is 6.03 Å². The van der Waals surface area contributed by atoms with Crippen molar-refractivity contribution in [2.24, 2.45) is 0 Å². The van der Waals surface area contributed by atoms with Gasteiger partial charge in [-0.3, -0.25) is 19.5 Å². The van der Waals surface area contributed by atoms with Crippen molar-refractivity contribution < 1.29 is 27.4 Å². The average Bonchev–Trinajstić information content (AvgIpc) is 2.25. The summed E-state index contributed by atoms with van der Waals surface area (Å²) < 4.78 is 31.1. The molecule has 1 radical (unpaired) electrons. The van der Waals surface area contributed by atoms with E-state index in [0.29, 0.717) is 4.90 Å². The van der Waals surface area contributed by atoms with E-state index >= 15 is 0 Å². The smallest absolute Gasteiger partial charge is 0.282 e. The molecular weight excluding hydrogens is 335 g/mol. The van der Waals surface area contributed by atoms with E-state index in [9.17, 15) is 22.8 Å². The first-order valence-electron chi connectivity index (χ1n) is 5.13. The molecule has 2 rings (SSSR count). The van der Waals surface area contributed by atoms with Crippen LogP contribution in [0.5, 0.6) is 0 Å². The number of anilines is 1. The van der Waals surface area contributed by atoms with Crippen LogP contribution in [0.25, 0.3) is 0 Å². The number of nitrogens with one attached hydrogen (secondary N) is 1. The maximum absolute atomic E-state index is 11.7. The summed E-state index contributed by atoms with van der Waals surface area (Å²) >= 11 is 5.69. The minimum atomic E-state index is -4.55. The van der Waals surface area contributed by atoms with E-state index in [0.717, 1.165) is 18.2 Å². The van der Waals surface area contributed by atoms with E-state index in [-0.39, 0.29) is 40.3 Å². The van der Waals surface area contributed by atoms with E-state index in [2.05, 4.69) is 0 Å². The SMILES string of the molecule is O=C1CC(=O)N(c2cc(Cl)cc(S(=O)(=O)O)c2)C(=O)N1.[Na]. The molecule has 1 aliphatic rings. The van der Waals surface area contributed by atoms with Crippen molar-refractivity contribution >= 4 is 74.8 Å². The molecule has 8 nitrogen and oxygen atoms in total. The van der Waals surface area contributed by atoms with Gasteiger partial charge in [0, 0.05) is 34.6 Å². The second-order valence-corrected chi connectivity index (χ2v) is 5.74. The van der Waals surface area contributed by atoms with Crippen LogP contribution in [0.15, 0.2) is 23.1 Å². The van der Waals surface area contributed by atoms with Crippen LogP contribution >= 0.6 is 11.6 Å². The maximum Gasteiger partial charge on any atom is 0.335 e. The van der Waals surface area contributed by atoms with Gasteiger partial charge in [-0.05, 0) is 18.2 Å². The summed E-state index contributed by atoms with van der Waals surface area (Å²) in [5, 5.41) is 1.80. The summed E-state index contributed by atoms with van der Waals surface area (Å²) in [7, 11) is -4.55. The van der Waals surface area contributed by atoms with Gasteiger partial charge in [0.05, 0.1) is 10.6 Å². The number of imide groups is 2. The fourth-order valence-corrected chi connectivity index (χ4v) is 2.48. The van der Waals surface area contributed by atoms with Crippen LogP contribution in [0.3, 0.4) is 0 Å². The van der Waals surface area contributed by atoms with E-state index in [4.69, 9.17) is 16.2 Å². The first kappa shape index (κ1) is 18.1. The zero-order chi connectivity index (χ0) is 15.1. The Morgan fingerprint density at radius 1 is 1.19 bits per heavy atom. The molecule has 0 aromatic heterocycles. The number of carbonyl (C=O) groups excluding carboxylic acids is 3. The number of urea groups is 1. The van der Waals surface area contributed by atoms with Gasteiger partial charge in [0.1, 0.15) is 6.42 Å². The Hall–Kier alpha value is -0.970. The van der Waals surface area contributed by atoms with Gasteiger partial charge in [0.2, 0.25) is 11.8 Å². The number of hydrogen-bond donors (Lipinski definition) is 2. The molecule has 1 aromatic rings.